The van der Waals surface area contributed by atoms with Gasteiger partial charge < -0.3 is 14.7 Å². The van der Waals surface area contributed by atoms with Gasteiger partial charge in [0.1, 0.15) is 5.60 Å². The van der Waals surface area contributed by atoms with E-state index in [-0.39, 0.29) is 24.2 Å². The molecule has 2 rings (SSSR count). The Morgan fingerprint density at radius 1 is 1.47 bits per heavy atom. The van der Waals surface area contributed by atoms with Gasteiger partial charge in [-0.3, -0.25) is 0 Å². The van der Waals surface area contributed by atoms with Crippen LogP contribution in [0.4, 0.5) is 4.79 Å². The SMILES string of the molecule is CC(C)(C)OC(=O)N1CC2(CCC2)C[C@@H]1CO. The van der Waals surface area contributed by atoms with Gasteiger partial charge in [-0.1, -0.05) is 6.42 Å². The van der Waals surface area contributed by atoms with Gasteiger partial charge in [-0.15, -0.1) is 0 Å². The number of aliphatic hydroxyl groups is 1. The molecule has 0 aromatic carbocycles. The normalized spacial score (nSPS) is 27.1. The molecule has 1 saturated heterocycles. The Kier molecular flexibility index (Phi) is 3.10. The van der Waals surface area contributed by atoms with E-state index in [1.807, 2.05) is 20.8 Å². The van der Waals surface area contributed by atoms with Gasteiger partial charge in [0.2, 0.25) is 0 Å². The lowest BCUT2D eigenvalue weighted by Gasteiger charge is -2.38. The smallest absolute Gasteiger partial charge is 0.410 e. The van der Waals surface area contributed by atoms with Crippen LogP contribution in [0.25, 0.3) is 0 Å². The fourth-order valence-electron chi connectivity index (χ4n) is 2.90. The summed E-state index contributed by atoms with van der Waals surface area (Å²) < 4.78 is 5.39. The fourth-order valence-corrected chi connectivity index (χ4v) is 2.90. The summed E-state index contributed by atoms with van der Waals surface area (Å²) in [6, 6.07) is -0.0508. The molecule has 1 atom stereocenters. The summed E-state index contributed by atoms with van der Waals surface area (Å²) in [5, 5.41) is 9.39. The number of hydrogen-bond donors (Lipinski definition) is 1. The lowest BCUT2D eigenvalue weighted by molar-refractivity contribution is 0.0149. The summed E-state index contributed by atoms with van der Waals surface area (Å²) in [5.74, 6) is 0. The first-order valence-electron chi connectivity index (χ1n) is 6.46. The van der Waals surface area contributed by atoms with Gasteiger partial charge in [-0.2, -0.15) is 0 Å². The maximum Gasteiger partial charge on any atom is 0.410 e. The highest BCUT2D eigenvalue weighted by molar-refractivity contribution is 5.69. The first-order valence-corrected chi connectivity index (χ1v) is 6.46. The van der Waals surface area contributed by atoms with Crippen LogP contribution in [0, 0.1) is 5.41 Å². The van der Waals surface area contributed by atoms with Gasteiger partial charge in [0.15, 0.2) is 0 Å². The van der Waals surface area contributed by atoms with Crippen LogP contribution in [-0.4, -0.2) is 40.9 Å². The summed E-state index contributed by atoms with van der Waals surface area (Å²) in [7, 11) is 0. The van der Waals surface area contributed by atoms with E-state index >= 15 is 0 Å². The summed E-state index contributed by atoms with van der Waals surface area (Å²) >= 11 is 0. The molecule has 2 aliphatic rings. The van der Waals surface area contributed by atoms with Crippen LogP contribution < -0.4 is 0 Å². The highest BCUT2D eigenvalue weighted by Gasteiger charge is 2.49. The minimum absolute atomic E-state index is 0.0427. The predicted molar refractivity (Wildman–Crippen MR) is 64.7 cm³/mol. The third-order valence-electron chi connectivity index (χ3n) is 3.87. The number of amides is 1. The molecule has 0 aromatic rings. The minimum atomic E-state index is -0.466. The maximum atomic E-state index is 12.1. The van der Waals surface area contributed by atoms with E-state index in [1.54, 1.807) is 4.90 Å². The second-order valence-corrected chi connectivity index (χ2v) is 6.50. The fraction of sp³-hybridized carbons (Fsp3) is 0.923. The van der Waals surface area contributed by atoms with Crippen LogP contribution in [0.15, 0.2) is 0 Å². The summed E-state index contributed by atoms with van der Waals surface area (Å²) in [4.78, 5) is 13.8. The zero-order chi connectivity index (χ0) is 12.7. The Balaban J connectivity index is 2.01. The lowest BCUT2D eigenvalue weighted by atomic mass is 9.67. The first-order chi connectivity index (χ1) is 7.85. The molecule has 1 aliphatic heterocycles. The number of nitrogens with zero attached hydrogens (tertiary/aromatic N) is 1. The predicted octanol–water partition coefficient (Wildman–Crippen LogP) is 2.16. The molecule has 1 amide bonds. The van der Waals surface area contributed by atoms with Crippen molar-refractivity contribution >= 4 is 6.09 Å². The second kappa shape index (κ2) is 4.16. The van der Waals surface area contributed by atoms with Gasteiger partial charge in [-0.25, -0.2) is 4.79 Å². The van der Waals surface area contributed by atoms with Crippen molar-refractivity contribution in [2.24, 2.45) is 5.41 Å². The average Bonchev–Trinajstić information content (AvgIpc) is 2.53. The molecule has 0 bridgehead atoms. The number of hydrogen-bond acceptors (Lipinski definition) is 3. The summed E-state index contributed by atoms with van der Waals surface area (Å²) in [6.07, 6.45) is 4.27. The molecular formula is C13H23NO3. The molecule has 0 aromatic heterocycles. The topological polar surface area (TPSA) is 49.8 Å². The third kappa shape index (κ3) is 2.57. The Labute approximate surface area is 103 Å². The van der Waals surface area contributed by atoms with Crippen LogP contribution in [0.1, 0.15) is 46.5 Å². The zero-order valence-electron chi connectivity index (χ0n) is 11.0. The van der Waals surface area contributed by atoms with Crippen LogP contribution in [0.5, 0.6) is 0 Å². The highest BCUT2D eigenvalue weighted by atomic mass is 16.6. The second-order valence-electron chi connectivity index (χ2n) is 6.50. The van der Waals surface area contributed by atoms with E-state index in [2.05, 4.69) is 0 Å². The molecule has 0 unspecified atom stereocenters. The quantitative estimate of drug-likeness (QED) is 0.765. The summed E-state index contributed by atoms with van der Waals surface area (Å²) in [6.45, 7) is 6.41. The van der Waals surface area contributed by atoms with E-state index in [0.717, 1.165) is 13.0 Å². The average molecular weight is 241 g/mol. The van der Waals surface area contributed by atoms with Crippen LogP contribution in [0.3, 0.4) is 0 Å². The van der Waals surface area contributed by atoms with Gasteiger partial charge in [0, 0.05) is 6.54 Å². The van der Waals surface area contributed by atoms with Crippen molar-refractivity contribution in [1.29, 1.82) is 0 Å². The molecule has 98 valence electrons. The van der Waals surface area contributed by atoms with Crippen LogP contribution in [0.2, 0.25) is 0 Å². The van der Waals surface area contributed by atoms with Crippen molar-refractivity contribution in [2.45, 2.75) is 58.1 Å². The molecule has 0 radical (unpaired) electrons. The number of ether oxygens (including phenoxy) is 1. The third-order valence-corrected chi connectivity index (χ3v) is 3.87. The lowest BCUT2D eigenvalue weighted by Crippen LogP contribution is -2.42. The van der Waals surface area contributed by atoms with Crippen molar-refractivity contribution in [3.05, 3.63) is 0 Å². The molecule has 1 heterocycles. The van der Waals surface area contributed by atoms with Gasteiger partial charge in [-0.05, 0) is 45.4 Å². The largest absolute Gasteiger partial charge is 0.444 e. The van der Waals surface area contributed by atoms with Crippen molar-refractivity contribution < 1.29 is 14.6 Å². The Hall–Kier alpha value is -0.770. The molecular weight excluding hydrogens is 218 g/mol. The van der Waals surface area contributed by atoms with Gasteiger partial charge in [0.05, 0.1) is 12.6 Å². The monoisotopic (exact) mass is 241 g/mol. The number of likely N-dealkylation sites (tertiary alicyclic amines) is 1. The first kappa shape index (κ1) is 12.7. The van der Waals surface area contributed by atoms with Gasteiger partial charge >= 0.3 is 6.09 Å². The molecule has 1 spiro atoms. The molecule has 1 saturated carbocycles. The summed E-state index contributed by atoms with van der Waals surface area (Å²) in [5.41, 5.74) is -0.184. The van der Waals surface area contributed by atoms with Crippen molar-refractivity contribution in [3.63, 3.8) is 0 Å². The number of carbonyl (C=O) groups is 1. The molecule has 4 heteroatoms. The number of carbonyl (C=O) groups excluding carboxylic acids is 1. The molecule has 4 nitrogen and oxygen atoms in total. The Morgan fingerprint density at radius 3 is 2.53 bits per heavy atom. The zero-order valence-corrected chi connectivity index (χ0v) is 11.0. The van der Waals surface area contributed by atoms with Crippen molar-refractivity contribution in [3.8, 4) is 0 Å². The molecule has 1 N–H and O–H groups in total. The van der Waals surface area contributed by atoms with Crippen molar-refractivity contribution in [1.82, 2.24) is 4.90 Å². The maximum absolute atomic E-state index is 12.1. The van der Waals surface area contributed by atoms with Crippen LogP contribution in [-0.2, 0) is 4.74 Å². The van der Waals surface area contributed by atoms with E-state index in [1.165, 1.54) is 19.3 Å². The van der Waals surface area contributed by atoms with Crippen LogP contribution >= 0.6 is 0 Å². The Morgan fingerprint density at radius 2 is 2.12 bits per heavy atom. The number of aliphatic hydroxyl groups excluding tert-OH is 1. The van der Waals surface area contributed by atoms with E-state index in [4.69, 9.17) is 4.74 Å². The van der Waals surface area contributed by atoms with E-state index < -0.39 is 5.60 Å². The Bertz CT molecular complexity index is 304. The van der Waals surface area contributed by atoms with E-state index in [0.29, 0.717) is 0 Å². The minimum Gasteiger partial charge on any atom is -0.444 e. The molecule has 17 heavy (non-hydrogen) atoms. The number of rotatable bonds is 1. The standard InChI is InChI=1S/C13H23NO3/c1-12(2,3)17-11(16)14-9-13(5-4-6-13)7-10(14)8-15/h10,15H,4-9H2,1-3H3/t10-/m1/s1. The molecule has 1 aliphatic carbocycles. The van der Waals surface area contributed by atoms with Gasteiger partial charge in [0.25, 0.3) is 0 Å². The van der Waals surface area contributed by atoms with E-state index in [9.17, 15) is 9.90 Å². The molecule has 2 fully saturated rings. The highest BCUT2D eigenvalue weighted by Crippen LogP contribution is 2.50. The van der Waals surface area contributed by atoms with Crippen molar-refractivity contribution in [2.75, 3.05) is 13.2 Å².